The van der Waals surface area contributed by atoms with Gasteiger partial charge in [0.1, 0.15) is 5.82 Å². The molecule has 0 aromatic carbocycles. The van der Waals surface area contributed by atoms with E-state index in [1.807, 2.05) is 0 Å². The van der Waals surface area contributed by atoms with Gasteiger partial charge in [-0.3, -0.25) is 0 Å². The number of nitrogens with zero attached hydrogens (tertiary/aromatic N) is 1. The van der Waals surface area contributed by atoms with E-state index in [4.69, 9.17) is 5.73 Å². The number of imidazole rings is 1. The van der Waals surface area contributed by atoms with Crippen LogP contribution in [0.1, 0.15) is 38.4 Å². The van der Waals surface area contributed by atoms with Crippen LogP contribution < -0.4 is 10.5 Å². The van der Waals surface area contributed by atoms with E-state index in [-0.39, 0.29) is 10.9 Å². The third-order valence-corrected chi connectivity index (χ3v) is 5.59. The van der Waals surface area contributed by atoms with E-state index in [0.29, 0.717) is 12.4 Å². The first-order chi connectivity index (χ1) is 8.89. The summed E-state index contributed by atoms with van der Waals surface area (Å²) in [4.78, 5) is 6.70. The molecule has 0 spiro atoms. The lowest BCUT2D eigenvalue weighted by Crippen LogP contribution is -2.59. The first-order valence-corrected chi connectivity index (χ1v) is 8.13. The Morgan fingerprint density at radius 3 is 2.84 bits per heavy atom. The van der Waals surface area contributed by atoms with Crippen molar-refractivity contribution < 1.29 is 8.42 Å². The van der Waals surface area contributed by atoms with Crippen LogP contribution in [0.2, 0.25) is 0 Å². The molecule has 2 atom stereocenters. The highest BCUT2D eigenvalue weighted by Gasteiger charge is 2.40. The van der Waals surface area contributed by atoms with Crippen LogP contribution in [-0.4, -0.2) is 30.5 Å². The van der Waals surface area contributed by atoms with Gasteiger partial charge in [-0.25, -0.2) is 18.1 Å². The molecule has 4 N–H and O–H groups in total. The van der Waals surface area contributed by atoms with Crippen molar-refractivity contribution in [3.05, 3.63) is 12.0 Å². The van der Waals surface area contributed by atoms with Crippen LogP contribution in [-0.2, 0) is 10.0 Å². The minimum atomic E-state index is -3.59. The Labute approximate surface area is 114 Å². The summed E-state index contributed by atoms with van der Waals surface area (Å²) in [6.07, 6.45) is 5.27. The van der Waals surface area contributed by atoms with E-state index in [0.717, 1.165) is 25.7 Å². The van der Waals surface area contributed by atoms with Crippen molar-refractivity contribution in [3.8, 4) is 0 Å². The quantitative estimate of drug-likeness (QED) is 0.765. The van der Waals surface area contributed by atoms with Crippen molar-refractivity contribution in [1.82, 2.24) is 14.7 Å². The molecule has 19 heavy (non-hydrogen) atoms. The SMILES string of the molecule is Cc1ncc(S(=O)(=O)NC2(CN)CCCCC2C)[nH]1. The van der Waals surface area contributed by atoms with Gasteiger partial charge in [0.05, 0.1) is 6.20 Å². The number of aryl methyl sites for hydroxylation is 1. The molecule has 2 unspecified atom stereocenters. The predicted octanol–water partition coefficient (Wildman–Crippen LogP) is 0.904. The maximum Gasteiger partial charge on any atom is 0.258 e. The molecule has 2 rings (SSSR count). The third-order valence-electron chi connectivity index (χ3n) is 4.12. The van der Waals surface area contributed by atoms with E-state index in [9.17, 15) is 8.42 Å². The first kappa shape index (κ1) is 14.5. The molecule has 0 radical (unpaired) electrons. The van der Waals surface area contributed by atoms with E-state index < -0.39 is 15.6 Å². The third kappa shape index (κ3) is 2.82. The van der Waals surface area contributed by atoms with Gasteiger partial charge >= 0.3 is 0 Å². The lowest BCUT2D eigenvalue weighted by atomic mass is 9.74. The maximum absolute atomic E-state index is 12.4. The number of rotatable bonds is 4. The van der Waals surface area contributed by atoms with Crippen LogP contribution >= 0.6 is 0 Å². The number of hydrogen-bond donors (Lipinski definition) is 3. The molecule has 1 aliphatic carbocycles. The number of nitrogens with one attached hydrogen (secondary N) is 2. The zero-order valence-electron chi connectivity index (χ0n) is 11.4. The summed E-state index contributed by atoms with van der Waals surface area (Å²) >= 11 is 0. The topological polar surface area (TPSA) is 101 Å². The van der Waals surface area contributed by atoms with Crippen LogP contribution in [0.15, 0.2) is 11.2 Å². The monoisotopic (exact) mass is 286 g/mol. The zero-order valence-corrected chi connectivity index (χ0v) is 12.3. The van der Waals surface area contributed by atoms with E-state index in [2.05, 4.69) is 21.6 Å². The van der Waals surface area contributed by atoms with Gasteiger partial charge in [-0.1, -0.05) is 19.8 Å². The van der Waals surface area contributed by atoms with Crippen LogP contribution in [0.25, 0.3) is 0 Å². The number of H-pyrrole nitrogens is 1. The summed E-state index contributed by atoms with van der Waals surface area (Å²) in [5.41, 5.74) is 5.33. The van der Waals surface area contributed by atoms with Gasteiger partial charge in [0.2, 0.25) is 0 Å². The molecule has 7 heteroatoms. The van der Waals surface area contributed by atoms with Crippen LogP contribution in [0.5, 0.6) is 0 Å². The van der Waals surface area contributed by atoms with Crippen molar-refractivity contribution in [2.24, 2.45) is 11.7 Å². The van der Waals surface area contributed by atoms with Crippen molar-refractivity contribution in [2.45, 2.75) is 50.1 Å². The summed E-state index contributed by atoms with van der Waals surface area (Å²) in [7, 11) is -3.59. The highest BCUT2D eigenvalue weighted by molar-refractivity contribution is 7.89. The molecule has 1 aromatic rings. The van der Waals surface area contributed by atoms with E-state index in [1.165, 1.54) is 6.20 Å². The minimum absolute atomic E-state index is 0.107. The Hall–Kier alpha value is -0.920. The van der Waals surface area contributed by atoms with Gasteiger partial charge in [0.25, 0.3) is 10.0 Å². The standard InChI is InChI=1S/C12H22N4O2S/c1-9-5-3-4-6-12(9,8-13)16-19(17,18)11-7-14-10(2)15-11/h7,9,16H,3-6,8,13H2,1-2H3,(H,14,15). The van der Waals surface area contributed by atoms with Gasteiger partial charge in [-0.15, -0.1) is 0 Å². The molecule has 0 amide bonds. The molecule has 108 valence electrons. The maximum atomic E-state index is 12.4. The molecular formula is C12H22N4O2S. The summed E-state index contributed by atoms with van der Waals surface area (Å²) in [5, 5.41) is 0.107. The average molecular weight is 286 g/mol. The molecule has 1 heterocycles. The summed E-state index contributed by atoms with van der Waals surface area (Å²) in [5.74, 6) is 0.823. The Balaban J connectivity index is 2.27. The molecular weight excluding hydrogens is 264 g/mol. The normalized spacial score (nSPS) is 28.5. The molecule has 1 aromatic heterocycles. The zero-order chi connectivity index (χ0) is 14.1. The Morgan fingerprint density at radius 1 is 1.58 bits per heavy atom. The second kappa shape index (κ2) is 5.22. The number of sulfonamides is 1. The number of nitrogens with two attached hydrogens (primary N) is 1. The van der Waals surface area contributed by atoms with Gasteiger partial charge in [-0.2, -0.15) is 0 Å². The second-order valence-corrected chi connectivity index (χ2v) is 7.10. The Kier molecular flexibility index (Phi) is 3.98. The molecule has 1 fully saturated rings. The molecule has 6 nitrogen and oxygen atoms in total. The predicted molar refractivity (Wildman–Crippen MR) is 73.1 cm³/mol. The number of aromatic amines is 1. The van der Waals surface area contributed by atoms with Crippen LogP contribution in [0.4, 0.5) is 0 Å². The van der Waals surface area contributed by atoms with Crippen LogP contribution in [0.3, 0.4) is 0 Å². The fourth-order valence-electron chi connectivity index (χ4n) is 2.77. The summed E-state index contributed by atoms with van der Waals surface area (Å²) < 4.78 is 27.6. The van der Waals surface area contributed by atoms with Gasteiger partial charge in [-0.05, 0) is 25.7 Å². The van der Waals surface area contributed by atoms with Gasteiger partial charge in [0.15, 0.2) is 5.03 Å². The summed E-state index contributed by atoms with van der Waals surface area (Å²) in [6.45, 7) is 4.11. The molecule has 1 aliphatic rings. The smallest absolute Gasteiger partial charge is 0.258 e. The highest BCUT2D eigenvalue weighted by atomic mass is 32.2. The number of hydrogen-bond acceptors (Lipinski definition) is 4. The van der Waals surface area contributed by atoms with Crippen LogP contribution in [0, 0.1) is 12.8 Å². The van der Waals surface area contributed by atoms with Crippen molar-refractivity contribution >= 4 is 10.0 Å². The molecule has 0 aliphatic heterocycles. The lowest BCUT2D eigenvalue weighted by molar-refractivity contribution is 0.191. The lowest BCUT2D eigenvalue weighted by Gasteiger charge is -2.42. The second-order valence-electron chi connectivity index (χ2n) is 5.45. The molecule has 1 saturated carbocycles. The molecule has 0 bridgehead atoms. The van der Waals surface area contributed by atoms with Gasteiger partial charge < -0.3 is 10.7 Å². The fourth-order valence-corrected chi connectivity index (χ4v) is 4.27. The van der Waals surface area contributed by atoms with Gasteiger partial charge in [0, 0.05) is 12.1 Å². The van der Waals surface area contributed by atoms with E-state index >= 15 is 0 Å². The average Bonchev–Trinajstić information content (AvgIpc) is 2.80. The Morgan fingerprint density at radius 2 is 2.32 bits per heavy atom. The summed E-state index contributed by atoms with van der Waals surface area (Å²) in [6, 6.07) is 0. The molecule has 0 saturated heterocycles. The highest BCUT2D eigenvalue weighted by Crippen LogP contribution is 2.34. The Bertz CT molecular complexity index is 540. The van der Waals surface area contributed by atoms with Crippen molar-refractivity contribution in [1.29, 1.82) is 0 Å². The van der Waals surface area contributed by atoms with Crippen molar-refractivity contribution in [3.63, 3.8) is 0 Å². The fraction of sp³-hybridized carbons (Fsp3) is 0.750. The first-order valence-electron chi connectivity index (χ1n) is 6.65. The minimum Gasteiger partial charge on any atom is -0.332 e. The largest absolute Gasteiger partial charge is 0.332 e. The number of aromatic nitrogens is 2. The van der Waals surface area contributed by atoms with Crippen molar-refractivity contribution in [2.75, 3.05) is 6.54 Å². The van der Waals surface area contributed by atoms with E-state index in [1.54, 1.807) is 6.92 Å².